The Morgan fingerprint density at radius 1 is 1.12 bits per heavy atom. The molecule has 1 atom stereocenters. The summed E-state index contributed by atoms with van der Waals surface area (Å²) in [4.78, 5) is 52.6. The van der Waals surface area contributed by atoms with Crippen LogP contribution in [0.4, 0.5) is 4.79 Å². The average Bonchev–Trinajstić information content (AvgIpc) is 3.26. The molecule has 1 fully saturated rings. The molecule has 1 unspecified atom stereocenters. The minimum absolute atomic E-state index is 0.0216. The Morgan fingerprint density at radius 3 is 2.21 bits per heavy atom. The number of allylic oxidation sites excluding steroid dienone is 2. The molecule has 9 heteroatoms. The van der Waals surface area contributed by atoms with Gasteiger partial charge in [0.25, 0.3) is 0 Å². The summed E-state index contributed by atoms with van der Waals surface area (Å²) < 4.78 is 9.69. The second kappa shape index (κ2) is 7.82. The maximum absolute atomic E-state index is 11.8. The normalized spacial score (nSPS) is 14.8. The summed E-state index contributed by atoms with van der Waals surface area (Å²) in [5.41, 5.74) is -0.505. The highest BCUT2D eigenvalue weighted by molar-refractivity contribution is 6.07. The number of rotatable bonds is 6. The molecular formula is C15H20O9. The van der Waals surface area contributed by atoms with E-state index < -0.39 is 29.8 Å². The molecule has 0 saturated carbocycles. The van der Waals surface area contributed by atoms with E-state index in [1.807, 2.05) is 0 Å². The van der Waals surface area contributed by atoms with E-state index in [1.165, 1.54) is 20.8 Å². The summed E-state index contributed by atoms with van der Waals surface area (Å²) in [6, 6.07) is 0. The van der Waals surface area contributed by atoms with Crippen LogP contribution in [0.15, 0.2) is 23.2 Å². The van der Waals surface area contributed by atoms with E-state index in [9.17, 15) is 14.4 Å². The molecule has 0 aromatic carbocycles. The van der Waals surface area contributed by atoms with Crippen molar-refractivity contribution in [3.63, 3.8) is 0 Å². The van der Waals surface area contributed by atoms with Crippen molar-refractivity contribution in [3.8, 4) is 0 Å². The van der Waals surface area contributed by atoms with E-state index in [4.69, 9.17) is 9.47 Å². The van der Waals surface area contributed by atoms with Crippen LogP contribution < -0.4 is 0 Å². The molecule has 0 N–H and O–H groups in total. The first-order valence-corrected chi connectivity index (χ1v) is 7.05. The molecular weight excluding hydrogens is 324 g/mol. The van der Waals surface area contributed by atoms with Crippen LogP contribution in [0, 0.1) is 0 Å². The molecule has 0 bridgehead atoms. The Hall–Kier alpha value is -2.55. The van der Waals surface area contributed by atoms with Gasteiger partial charge in [-0.2, -0.15) is 0 Å². The SMILES string of the molecule is CC(C(=O)/C=C(\C)C(=O)OC(C)OOC(=O)OC(C)(C)C)=C1OO1. The van der Waals surface area contributed by atoms with Crippen LogP contribution in [-0.4, -0.2) is 29.8 Å². The van der Waals surface area contributed by atoms with Crippen LogP contribution in [0.2, 0.25) is 0 Å². The van der Waals surface area contributed by atoms with Gasteiger partial charge in [-0.15, -0.1) is 4.89 Å². The Morgan fingerprint density at radius 2 is 1.71 bits per heavy atom. The summed E-state index contributed by atoms with van der Waals surface area (Å²) >= 11 is 0. The highest BCUT2D eigenvalue weighted by Crippen LogP contribution is 2.23. The second-order valence-corrected chi connectivity index (χ2v) is 5.89. The number of carbonyl (C=O) groups is 3. The summed E-state index contributed by atoms with van der Waals surface area (Å²) in [5, 5.41) is 0. The van der Waals surface area contributed by atoms with Gasteiger partial charge in [0.1, 0.15) is 5.60 Å². The Kier molecular flexibility index (Phi) is 6.35. The Balaban J connectivity index is 2.44. The number of hydrogen-bond acceptors (Lipinski definition) is 9. The van der Waals surface area contributed by atoms with Gasteiger partial charge in [0.15, 0.2) is 5.78 Å². The predicted octanol–water partition coefficient (Wildman–Crippen LogP) is 2.47. The smallest absolute Gasteiger partial charge is 0.429 e. The van der Waals surface area contributed by atoms with Crippen molar-refractivity contribution in [2.24, 2.45) is 0 Å². The highest BCUT2D eigenvalue weighted by Gasteiger charge is 2.26. The lowest BCUT2D eigenvalue weighted by Crippen LogP contribution is -2.27. The lowest BCUT2D eigenvalue weighted by Gasteiger charge is -2.19. The average molecular weight is 344 g/mol. The lowest BCUT2D eigenvalue weighted by atomic mass is 10.1. The van der Waals surface area contributed by atoms with Crippen LogP contribution in [0.5, 0.6) is 0 Å². The third-order valence-corrected chi connectivity index (χ3v) is 2.43. The molecule has 0 aromatic heterocycles. The number of carbonyl (C=O) groups excluding carboxylic acids is 3. The van der Waals surface area contributed by atoms with Gasteiger partial charge in [-0.05, 0) is 40.7 Å². The molecule has 24 heavy (non-hydrogen) atoms. The summed E-state index contributed by atoms with van der Waals surface area (Å²) in [7, 11) is 0. The predicted molar refractivity (Wildman–Crippen MR) is 77.6 cm³/mol. The van der Waals surface area contributed by atoms with Crippen molar-refractivity contribution in [1.82, 2.24) is 0 Å². The molecule has 1 aliphatic heterocycles. The molecule has 1 aliphatic rings. The van der Waals surface area contributed by atoms with E-state index in [-0.39, 0.29) is 17.1 Å². The van der Waals surface area contributed by atoms with Crippen molar-refractivity contribution < 1.29 is 43.4 Å². The quantitative estimate of drug-likeness (QED) is 0.179. The van der Waals surface area contributed by atoms with Crippen LogP contribution in [0.3, 0.4) is 0 Å². The molecule has 1 heterocycles. The zero-order valence-electron chi connectivity index (χ0n) is 14.3. The molecule has 1 saturated heterocycles. The van der Waals surface area contributed by atoms with E-state index in [1.54, 1.807) is 20.8 Å². The number of ether oxygens (including phenoxy) is 2. The molecule has 0 radical (unpaired) electrons. The summed E-state index contributed by atoms with van der Waals surface area (Å²) in [6.07, 6.45) is -1.20. The number of hydrogen-bond donors (Lipinski definition) is 0. The molecule has 1 rings (SSSR count). The molecule has 0 amide bonds. The third kappa shape index (κ3) is 7.14. The fourth-order valence-corrected chi connectivity index (χ4v) is 1.25. The van der Waals surface area contributed by atoms with E-state index >= 15 is 0 Å². The highest BCUT2D eigenvalue weighted by atomic mass is 17.4. The fraction of sp³-hybridized carbons (Fsp3) is 0.533. The van der Waals surface area contributed by atoms with Crippen molar-refractivity contribution in [1.29, 1.82) is 0 Å². The third-order valence-electron chi connectivity index (χ3n) is 2.43. The van der Waals surface area contributed by atoms with Crippen molar-refractivity contribution in [3.05, 3.63) is 23.2 Å². The minimum atomic E-state index is -1.20. The van der Waals surface area contributed by atoms with E-state index in [0.29, 0.717) is 0 Å². The van der Waals surface area contributed by atoms with Crippen LogP contribution in [0.25, 0.3) is 0 Å². The molecule has 134 valence electrons. The van der Waals surface area contributed by atoms with Gasteiger partial charge in [-0.25, -0.2) is 19.4 Å². The summed E-state index contributed by atoms with van der Waals surface area (Å²) in [6.45, 7) is 9.15. The largest absolute Gasteiger partial charge is 0.541 e. The van der Waals surface area contributed by atoms with Gasteiger partial charge < -0.3 is 9.47 Å². The minimum Gasteiger partial charge on any atom is -0.429 e. The standard InChI is InChI=1S/C15H20O9/c1-8(7-11(16)9(2)13-22-23-13)12(17)19-10(3)21-24-14(18)20-15(4,5)6/h7,10H,1-6H3/b8-7+. The van der Waals surface area contributed by atoms with Gasteiger partial charge in [-0.1, -0.05) is 0 Å². The second-order valence-electron chi connectivity index (χ2n) is 5.89. The van der Waals surface area contributed by atoms with Gasteiger partial charge in [-0.3, -0.25) is 9.68 Å². The monoisotopic (exact) mass is 344 g/mol. The first kappa shape index (κ1) is 19.5. The number of ketones is 1. The topological polar surface area (TPSA) is 113 Å². The first-order chi connectivity index (χ1) is 11.0. The molecule has 9 nitrogen and oxygen atoms in total. The van der Waals surface area contributed by atoms with Crippen molar-refractivity contribution >= 4 is 17.9 Å². The van der Waals surface area contributed by atoms with Crippen molar-refractivity contribution in [2.75, 3.05) is 0 Å². The van der Waals surface area contributed by atoms with Crippen LogP contribution in [0.1, 0.15) is 41.5 Å². The first-order valence-electron chi connectivity index (χ1n) is 7.05. The maximum Gasteiger partial charge on any atom is 0.541 e. The van der Waals surface area contributed by atoms with Gasteiger partial charge in [0.2, 0.25) is 6.29 Å². The van der Waals surface area contributed by atoms with Gasteiger partial charge in [0.05, 0.1) is 5.57 Å². The molecule has 0 aliphatic carbocycles. The summed E-state index contributed by atoms with van der Waals surface area (Å²) in [5.74, 6) is -1.17. The Bertz CT molecular complexity index is 574. The van der Waals surface area contributed by atoms with E-state index in [0.717, 1.165) is 6.08 Å². The maximum atomic E-state index is 11.8. The van der Waals surface area contributed by atoms with Gasteiger partial charge >= 0.3 is 18.1 Å². The van der Waals surface area contributed by atoms with Crippen LogP contribution >= 0.6 is 0 Å². The molecule has 0 spiro atoms. The van der Waals surface area contributed by atoms with Gasteiger partial charge in [0, 0.05) is 12.5 Å². The van der Waals surface area contributed by atoms with Crippen LogP contribution in [-0.2, 0) is 38.6 Å². The van der Waals surface area contributed by atoms with E-state index in [2.05, 4.69) is 19.6 Å². The molecule has 0 aromatic rings. The zero-order chi connectivity index (χ0) is 18.5. The number of esters is 1. The fourth-order valence-electron chi connectivity index (χ4n) is 1.25. The lowest BCUT2D eigenvalue weighted by molar-refractivity contribution is -0.335. The zero-order valence-corrected chi connectivity index (χ0v) is 14.3. The van der Waals surface area contributed by atoms with Crippen molar-refractivity contribution in [2.45, 2.75) is 53.4 Å². The Labute approximate surface area is 138 Å².